The molecule has 0 atom stereocenters. The van der Waals surface area contributed by atoms with Crippen LogP contribution in [0.4, 0.5) is 5.69 Å². The molecule has 0 saturated heterocycles. The number of anilines is 1. The van der Waals surface area contributed by atoms with Gasteiger partial charge >= 0.3 is 11.8 Å². The molecule has 0 aliphatic carbocycles. The molecule has 0 aliphatic rings. The molecule has 0 aliphatic heterocycles. The number of nitrogens with zero attached hydrogens (tertiary/aromatic N) is 1. The molecule has 0 spiro atoms. The molecule has 0 aromatic heterocycles. The normalized spacial score (nSPS) is 10.3. The number of benzene rings is 2. The third kappa shape index (κ3) is 4.73. The Morgan fingerprint density at radius 3 is 2.12 bits per heavy atom. The lowest BCUT2D eigenvalue weighted by Crippen LogP contribution is -2.32. The van der Waals surface area contributed by atoms with Crippen molar-refractivity contribution in [1.29, 1.82) is 0 Å². The molecule has 0 bridgehead atoms. The number of ether oxygens (including phenoxy) is 3. The van der Waals surface area contributed by atoms with Gasteiger partial charge in [0.2, 0.25) is 0 Å². The molecule has 2 aromatic rings. The van der Waals surface area contributed by atoms with Crippen molar-refractivity contribution in [2.45, 2.75) is 0 Å². The molecular formula is C18H19N3O5. The van der Waals surface area contributed by atoms with Crippen LogP contribution < -0.4 is 25.0 Å². The summed E-state index contributed by atoms with van der Waals surface area (Å²) >= 11 is 0. The first kappa shape index (κ1) is 18.8. The van der Waals surface area contributed by atoms with Crippen molar-refractivity contribution >= 4 is 23.7 Å². The van der Waals surface area contributed by atoms with Gasteiger partial charge in [-0.25, -0.2) is 5.43 Å². The third-order valence-corrected chi connectivity index (χ3v) is 3.34. The van der Waals surface area contributed by atoms with Gasteiger partial charge in [0.15, 0.2) is 11.5 Å². The van der Waals surface area contributed by atoms with Crippen LogP contribution in [0.25, 0.3) is 0 Å². The minimum Gasteiger partial charge on any atom is -0.496 e. The maximum Gasteiger partial charge on any atom is 0.329 e. The number of carbonyl (C=O) groups excluding carboxylic acids is 2. The van der Waals surface area contributed by atoms with Gasteiger partial charge in [0, 0.05) is 17.3 Å². The Balaban J connectivity index is 2.05. The van der Waals surface area contributed by atoms with Gasteiger partial charge in [-0.3, -0.25) is 9.59 Å². The number of carbonyl (C=O) groups is 2. The fourth-order valence-corrected chi connectivity index (χ4v) is 2.07. The molecule has 0 heterocycles. The molecule has 2 N–H and O–H groups in total. The highest BCUT2D eigenvalue weighted by Gasteiger charge is 2.13. The first-order valence-corrected chi connectivity index (χ1v) is 7.58. The molecule has 8 nitrogen and oxygen atoms in total. The summed E-state index contributed by atoms with van der Waals surface area (Å²) in [7, 11) is 4.50. The number of rotatable bonds is 6. The maximum absolute atomic E-state index is 11.8. The first-order chi connectivity index (χ1) is 12.6. The predicted molar refractivity (Wildman–Crippen MR) is 96.9 cm³/mol. The monoisotopic (exact) mass is 357 g/mol. The summed E-state index contributed by atoms with van der Waals surface area (Å²) in [5, 5.41) is 6.24. The summed E-state index contributed by atoms with van der Waals surface area (Å²) in [5.74, 6) is -0.290. The first-order valence-electron chi connectivity index (χ1n) is 7.58. The van der Waals surface area contributed by atoms with Crippen LogP contribution in [0.3, 0.4) is 0 Å². The Morgan fingerprint density at radius 2 is 1.50 bits per heavy atom. The minimum absolute atomic E-state index is 0.467. The molecule has 0 radical (unpaired) electrons. The Bertz CT molecular complexity index is 806. The largest absolute Gasteiger partial charge is 0.496 e. The zero-order valence-corrected chi connectivity index (χ0v) is 14.6. The molecule has 136 valence electrons. The summed E-state index contributed by atoms with van der Waals surface area (Å²) in [6.07, 6.45) is 1.34. The zero-order valence-electron chi connectivity index (χ0n) is 14.6. The van der Waals surface area contributed by atoms with Gasteiger partial charge in [0.25, 0.3) is 0 Å². The van der Waals surface area contributed by atoms with Crippen LogP contribution >= 0.6 is 0 Å². The van der Waals surface area contributed by atoms with Crippen molar-refractivity contribution in [3.05, 3.63) is 48.0 Å². The van der Waals surface area contributed by atoms with E-state index in [2.05, 4.69) is 15.8 Å². The number of hydrogen-bond donors (Lipinski definition) is 2. The van der Waals surface area contributed by atoms with Crippen LogP contribution in [-0.4, -0.2) is 39.4 Å². The Labute approximate surface area is 150 Å². The highest BCUT2D eigenvalue weighted by Crippen LogP contribution is 2.33. The van der Waals surface area contributed by atoms with Crippen LogP contribution in [-0.2, 0) is 9.59 Å². The highest BCUT2D eigenvalue weighted by molar-refractivity contribution is 6.39. The predicted octanol–water partition coefficient (Wildman–Crippen LogP) is 1.80. The van der Waals surface area contributed by atoms with Gasteiger partial charge in [-0.15, -0.1) is 0 Å². The second-order valence-electron chi connectivity index (χ2n) is 4.97. The maximum atomic E-state index is 11.8. The average Bonchev–Trinajstić information content (AvgIpc) is 2.68. The van der Waals surface area contributed by atoms with Gasteiger partial charge in [0.05, 0.1) is 27.5 Å². The number of hydrogen-bond acceptors (Lipinski definition) is 6. The molecule has 8 heteroatoms. The molecular weight excluding hydrogens is 338 g/mol. The van der Waals surface area contributed by atoms with E-state index in [-0.39, 0.29) is 0 Å². The van der Waals surface area contributed by atoms with Gasteiger partial charge in [0.1, 0.15) is 5.75 Å². The van der Waals surface area contributed by atoms with E-state index in [1.807, 2.05) is 0 Å². The fraction of sp³-hybridized carbons (Fsp3) is 0.167. The lowest BCUT2D eigenvalue weighted by Gasteiger charge is -2.11. The molecule has 0 fully saturated rings. The summed E-state index contributed by atoms with van der Waals surface area (Å²) in [6, 6.07) is 11.9. The van der Waals surface area contributed by atoms with Crippen molar-refractivity contribution in [1.82, 2.24) is 5.43 Å². The van der Waals surface area contributed by atoms with Gasteiger partial charge in [-0.2, -0.15) is 5.10 Å². The van der Waals surface area contributed by atoms with Crippen molar-refractivity contribution in [2.75, 3.05) is 26.6 Å². The average molecular weight is 357 g/mol. The topological polar surface area (TPSA) is 98.2 Å². The van der Waals surface area contributed by atoms with Crippen LogP contribution in [0.2, 0.25) is 0 Å². The Kier molecular flexibility index (Phi) is 6.55. The standard InChI is InChI=1S/C18H19N3O5/c1-24-14-10-16(26-3)15(25-2)9-12(14)11-19-21-18(23)17(22)20-13-7-5-4-6-8-13/h4-11H,1-3H3,(H,20,22)(H,21,23)/b19-11+. The number of nitrogens with one attached hydrogen (secondary N) is 2. The summed E-state index contributed by atoms with van der Waals surface area (Å²) in [4.78, 5) is 23.6. The molecule has 0 unspecified atom stereocenters. The van der Waals surface area contributed by atoms with Crippen LogP contribution in [0, 0.1) is 0 Å². The Hall–Kier alpha value is -3.55. The summed E-state index contributed by atoms with van der Waals surface area (Å²) in [5.41, 5.74) is 3.21. The van der Waals surface area contributed by atoms with E-state index in [1.54, 1.807) is 42.5 Å². The second kappa shape index (κ2) is 9.07. The lowest BCUT2D eigenvalue weighted by molar-refractivity contribution is -0.136. The van der Waals surface area contributed by atoms with E-state index >= 15 is 0 Å². The number of hydrazone groups is 1. The Morgan fingerprint density at radius 1 is 0.885 bits per heavy atom. The van der Waals surface area contributed by atoms with Crippen LogP contribution in [0.15, 0.2) is 47.6 Å². The number of methoxy groups -OCH3 is 3. The van der Waals surface area contributed by atoms with Crippen molar-refractivity contribution in [3.63, 3.8) is 0 Å². The molecule has 26 heavy (non-hydrogen) atoms. The lowest BCUT2D eigenvalue weighted by atomic mass is 10.2. The summed E-state index contributed by atoms with van der Waals surface area (Å²) < 4.78 is 15.7. The van der Waals surface area contributed by atoms with Crippen LogP contribution in [0.1, 0.15) is 5.56 Å². The third-order valence-electron chi connectivity index (χ3n) is 3.34. The van der Waals surface area contributed by atoms with Crippen molar-refractivity contribution in [3.8, 4) is 17.2 Å². The smallest absolute Gasteiger partial charge is 0.329 e. The van der Waals surface area contributed by atoms with E-state index in [4.69, 9.17) is 14.2 Å². The second-order valence-corrected chi connectivity index (χ2v) is 4.97. The van der Waals surface area contributed by atoms with E-state index in [0.717, 1.165) is 0 Å². The molecule has 2 aromatic carbocycles. The number of amides is 2. The van der Waals surface area contributed by atoms with Gasteiger partial charge < -0.3 is 19.5 Å². The SMILES string of the molecule is COc1cc(OC)c(OC)cc1/C=N/NC(=O)C(=O)Nc1ccccc1. The summed E-state index contributed by atoms with van der Waals surface area (Å²) in [6.45, 7) is 0. The zero-order chi connectivity index (χ0) is 18.9. The van der Waals surface area contributed by atoms with E-state index < -0.39 is 11.8 Å². The van der Waals surface area contributed by atoms with Crippen LogP contribution in [0.5, 0.6) is 17.2 Å². The molecule has 2 amide bonds. The van der Waals surface area contributed by atoms with Crippen molar-refractivity contribution in [2.24, 2.45) is 5.10 Å². The quantitative estimate of drug-likeness (QED) is 0.467. The number of para-hydroxylation sites is 1. The van der Waals surface area contributed by atoms with E-state index in [0.29, 0.717) is 28.5 Å². The van der Waals surface area contributed by atoms with E-state index in [1.165, 1.54) is 27.5 Å². The highest BCUT2D eigenvalue weighted by atomic mass is 16.5. The molecule has 2 rings (SSSR count). The minimum atomic E-state index is -0.899. The van der Waals surface area contributed by atoms with E-state index in [9.17, 15) is 9.59 Å². The van der Waals surface area contributed by atoms with Crippen molar-refractivity contribution < 1.29 is 23.8 Å². The van der Waals surface area contributed by atoms with Gasteiger partial charge in [-0.05, 0) is 18.2 Å². The fourth-order valence-electron chi connectivity index (χ4n) is 2.07. The van der Waals surface area contributed by atoms with Gasteiger partial charge in [-0.1, -0.05) is 18.2 Å². The molecule has 0 saturated carbocycles.